The number of H-pyrrole nitrogens is 1. The van der Waals surface area contributed by atoms with Gasteiger partial charge < -0.3 is 10.3 Å². The molecular weight excluding hydrogens is 486 g/mol. The molecule has 1 saturated carbocycles. The topological polar surface area (TPSA) is 73.9 Å². The minimum Gasteiger partial charge on any atom is -0.349 e. The predicted octanol–water partition coefficient (Wildman–Crippen LogP) is 5.63. The van der Waals surface area contributed by atoms with Gasteiger partial charge in [-0.05, 0) is 92.7 Å². The van der Waals surface area contributed by atoms with Crippen LogP contribution in [0.15, 0.2) is 48.7 Å². The highest BCUT2D eigenvalue weighted by atomic mass is 19.4. The summed E-state index contributed by atoms with van der Waals surface area (Å²) >= 11 is 0. The number of pyridine rings is 1. The van der Waals surface area contributed by atoms with Crippen LogP contribution in [0, 0.1) is 5.82 Å². The number of fused-ring (bicyclic) bond motifs is 2. The third kappa shape index (κ3) is 4.77. The minimum atomic E-state index is -4.54. The van der Waals surface area contributed by atoms with Crippen molar-refractivity contribution in [3.05, 3.63) is 71.4 Å². The smallest absolute Gasteiger partial charge is 0.349 e. The first-order chi connectivity index (χ1) is 17.8. The molecule has 192 valence electrons. The summed E-state index contributed by atoms with van der Waals surface area (Å²) in [6, 6.07) is 9.24. The van der Waals surface area contributed by atoms with Gasteiger partial charge >= 0.3 is 6.18 Å². The third-order valence-electron chi connectivity index (χ3n) is 7.32. The quantitative estimate of drug-likeness (QED) is 0.341. The van der Waals surface area contributed by atoms with E-state index >= 15 is 0 Å². The normalized spacial score (nSPS) is 18.4. The Labute approximate surface area is 210 Å². The number of likely N-dealkylation sites (tertiary alicyclic amines) is 1. The second-order valence-electron chi connectivity index (χ2n) is 9.92. The number of halogens is 4. The summed E-state index contributed by atoms with van der Waals surface area (Å²) in [5.74, 6) is -0.786. The predicted molar refractivity (Wildman–Crippen MR) is 131 cm³/mol. The second-order valence-corrected chi connectivity index (χ2v) is 9.92. The van der Waals surface area contributed by atoms with E-state index in [4.69, 9.17) is 0 Å². The summed E-state index contributed by atoms with van der Waals surface area (Å²) in [5, 5.41) is 3.59. The Morgan fingerprint density at radius 2 is 1.78 bits per heavy atom. The molecule has 0 bridgehead atoms. The summed E-state index contributed by atoms with van der Waals surface area (Å²) in [6.07, 6.45) is -0.00387. The Bertz CT molecular complexity index is 1470. The number of aromatic nitrogens is 3. The maximum absolute atomic E-state index is 14.3. The number of benzene rings is 2. The monoisotopic (exact) mass is 511 g/mol. The average Bonchev–Trinajstić information content (AvgIpc) is 3.59. The molecule has 4 aromatic rings. The Kier molecular flexibility index (Phi) is 5.86. The van der Waals surface area contributed by atoms with Gasteiger partial charge in [0.05, 0.1) is 16.6 Å². The van der Waals surface area contributed by atoms with Gasteiger partial charge in [0.1, 0.15) is 11.6 Å². The van der Waals surface area contributed by atoms with E-state index in [0.717, 1.165) is 18.4 Å². The van der Waals surface area contributed by atoms with E-state index in [1.54, 1.807) is 30.5 Å². The lowest BCUT2D eigenvalue weighted by Crippen LogP contribution is -2.43. The highest BCUT2D eigenvalue weighted by Crippen LogP contribution is 2.41. The van der Waals surface area contributed by atoms with Gasteiger partial charge in [0.25, 0.3) is 5.91 Å². The molecule has 2 aromatic carbocycles. The fraction of sp³-hybridized carbons (Fsp3) is 0.370. The molecule has 6 rings (SSSR count). The van der Waals surface area contributed by atoms with Crippen molar-refractivity contribution < 1.29 is 22.4 Å². The standard InChI is InChI=1S/C27H25F4N5O/c28-17-2-6-21-20(14-17)19(7-10-32-21)15-8-11-36(12-9-15)24(27(29,30)31)25-34-22-5-1-16(13-23(22)35-25)26(37)33-18-3-4-18/h1-2,5-7,10,13-15,18,24H,3-4,8-9,11-12H2,(H,33,37)(H,34,35)/t24-/m0/s1. The van der Waals surface area contributed by atoms with E-state index in [0.29, 0.717) is 40.3 Å². The van der Waals surface area contributed by atoms with Gasteiger partial charge in [-0.25, -0.2) is 9.37 Å². The molecule has 37 heavy (non-hydrogen) atoms. The van der Waals surface area contributed by atoms with Crippen LogP contribution in [-0.2, 0) is 0 Å². The SMILES string of the molecule is O=C(NC1CC1)c1ccc2nc([C@H](N3CCC(c4ccnc5ccc(F)cc45)CC3)C(F)(F)F)[nH]c2c1. The van der Waals surface area contributed by atoms with E-state index < -0.39 is 12.2 Å². The fourth-order valence-corrected chi connectivity index (χ4v) is 5.30. The van der Waals surface area contributed by atoms with Gasteiger partial charge in [-0.1, -0.05) is 0 Å². The number of imidazole rings is 1. The molecule has 6 nitrogen and oxygen atoms in total. The summed E-state index contributed by atoms with van der Waals surface area (Å²) in [6.45, 7) is 0.417. The molecule has 1 amide bonds. The first-order valence-corrected chi connectivity index (χ1v) is 12.4. The molecule has 0 unspecified atom stereocenters. The van der Waals surface area contributed by atoms with Crippen molar-refractivity contribution in [2.45, 2.75) is 49.9 Å². The van der Waals surface area contributed by atoms with Crippen molar-refractivity contribution in [2.24, 2.45) is 0 Å². The van der Waals surface area contributed by atoms with Crippen LogP contribution in [0.3, 0.4) is 0 Å². The molecule has 1 aliphatic carbocycles. The Hall–Kier alpha value is -3.53. The first-order valence-electron chi connectivity index (χ1n) is 12.4. The van der Waals surface area contributed by atoms with Gasteiger partial charge in [-0.3, -0.25) is 14.7 Å². The van der Waals surface area contributed by atoms with Gasteiger partial charge in [-0.2, -0.15) is 13.2 Å². The van der Waals surface area contributed by atoms with Crippen LogP contribution in [0.1, 0.15) is 59.4 Å². The highest BCUT2D eigenvalue weighted by molar-refractivity contribution is 5.97. The summed E-state index contributed by atoms with van der Waals surface area (Å²) in [7, 11) is 0. The summed E-state index contributed by atoms with van der Waals surface area (Å²) in [5.41, 5.74) is 2.75. The molecule has 1 atom stereocenters. The molecule has 0 spiro atoms. The number of piperidine rings is 1. The molecule has 1 saturated heterocycles. The first kappa shape index (κ1) is 23.8. The number of rotatable bonds is 5. The maximum atomic E-state index is 14.3. The van der Waals surface area contributed by atoms with Crippen LogP contribution in [0.25, 0.3) is 21.9 Å². The third-order valence-corrected chi connectivity index (χ3v) is 7.32. The van der Waals surface area contributed by atoms with E-state index in [-0.39, 0.29) is 42.6 Å². The van der Waals surface area contributed by atoms with Crippen LogP contribution in [-0.4, -0.2) is 51.1 Å². The summed E-state index contributed by atoms with van der Waals surface area (Å²) < 4.78 is 56.9. The minimum absolute atomic E-state index is 0.000597. The molecule has 3 heterocycles. The van der Waals surface area contributed by atoms with Gasteiger partial charge in [-0.15, -0.1) is 0 Å². The van der Waals surface area contributed by atoms with Crippen molar-refractivity contribution in [2.75, 3.05) is 13.1 Å². The molecule has 1 aliphatic heterocycles. The Balaban J connectivity index is 1.24. The van der Waals surface area contributed by atoms with Gasteiger partial charge in [0, 0.05) is 23.2 Å². The largest absolute Gasteiger partial charge is 0.411 e. The van der Waals surface area contributed by atoms with Crippen LogP contribution >= 0.6 is 0 Å². The Morgan fingerprint density at radius 3 is 2.51 bits per heavy atom. The van der Waals surface area contributed by atoms with Crippen LogP contribution in [0.5, 0.6) is 0 Å². The average molecular weight is 512 g/mol. The van der Waals surface area contributed by atoms with Crippen molar-refractivity contribution in [3.63, 3.8) is 0 Å². The number of hydrogen-bond acceptors (Lipinski definition) is 4. The lowest BCUT2D eigenvalue weighted by Gasteiger charge is -2.37. The van der Waals surface area contributed by atoms with Crippen LogP contribution in [0.4, 0.5) is 17.6 Å². The maximum Gasteiger partial charge on any atom is 0.411 e. The number of carbonyl (C=O) groups excluding carboxylic acids is 1. The fourth-order valence-electron chi connectivity index (χ4n) is 5.30. The van der Waals surface area contributed by atoms with Crippen LogP contribution < -0.4 is 5.32 Å². The van der Waals surface area contributed by atoms with E-state index in [2.05, 4.69) is 20.3 Å². The Morgan fingerprint density at radius 1 is 1.03 bits per heavy atom. The van der Waals surface area contributed by atoms with Crippen LogP contribution in [0.2, 0.25) is 0 Å². The molecular formula is C27H25F4N5O. The van der Waals surface area contributed by atoms with Gasteiger partial charge in [0.2, 0.25) is 0 Å². The molecule has 10 heteroatoms. The molecule has 2 fully saturated rings. The lowest BCUT2D eigenvalue weighted by molar-refractivity contribution is -0.191. The molecule has 0 radical (unpaired) electrons. The zero-order valence-corrected chi connectivity index (χ0v) is 19.9. The number of nitrogens with zero attached hydrogens (tertiary/aromatic N) is 3. The zero-order valence-electron chi connectivity index (χ0n) is 19.9. The molecule has 2 aliphatic rings. The summed E-state index contributed by atoms with van der Waals surface area (Å²) in [4.78, 5) is 25.2. The van der Waals surface area contributed by atoms with Crippen molar-refractivity contribution >= 4 is 27.8 Å². The van der Waals surface area contributed by atoms with Crippen molar-refractivity contribution in [1.82, 2.24) is 25.2 Å². The zero-order chi connectivity index (χ0) is 25.7. The number of hydrogen-bond donors (Lipinski definition) is 2. The number of carbonyl (C=O) groups is 1. The number of nitrogens with one attached hydrogen (secondary N) is 2. The lowest BCUT2D eigenvalue weighted by atomic mass is 9.87. The molecule has 2 N–H and O–H groups in total. The van der Waals surface area contributed by atoms with Gasteiger partial charge in [0.15, 0.2) is 6.04 Å². The highest BCUT2D eigenvalue weighted by Gasteiger charge is 2.47. The van der Waals surface area contributed by atoms with Crippen molar-refractivity contribution in [1.29, 1.82) is 0 Å². The molecule has 2 aromatic heterocycles. The van der Waals surface area contributed by atoms with E-state index in [1.165, 1.54) is 17.0 Å². The second kappa shape index (κ2) is 9.09. The van der Waals surface area contributed by atoms with Crippen molar-refractivity contribution in [3.8, 4) is 0 Å². The number of aromatic amines is 1. The number of alkyl halides is 3. The number of amides is 1. The van der Waals surface area contributed by atoms with E-state index in [9.17, 15) is 22.4 Å². The van der Waals surface area contributed by atoms with E-state index in [1.807, 2.05) is 6.07 Å².